The average Bonchev–Trinajstić information content (AvgIpc) is 3.10. The highest BCUT2D eigenvalue weighted by Crippen LogP contribution is 2.24. The summed E-state index contributed by atoms with van der Waals surface area (Å²) < 4.78 is 29.7. The molecule has 0 saturated heterocycles. The number of hydrogen-bond donors (Lipinski definition) is 0. The number of aromatic nitrogens is 1. The van der Waals surface area contributed by atoms with Crippen molar-refractivity contribution in [3.8, 4) is 12.1 Å². The van der Waals surface area contributed by atoms with Gasteiger partial charge in [-0.25, -0.2) is 8.42 Å². The van der Waals surface area contributed by atoms with E-state index in [2.05, 4.69) is 6.07 Å². The maximum atomic E-state index is 13.2. The van der Waals surface area contributed by atoms with Gasteiger partial charge in [0.05, 0.1) is 23.5 Å². The van der Waals surface area contributed by atoms with E-state index in [0.717, 1.165) is 22.0 Å². The van der Waals surface area contributed by atoms with Crippen LogP contribution in [0.25, 0.3) is 10.9 Å². The molecule has 0 radical (unpaired) electrons. The van der Waals surface area contributed by atoms with Crippen molar-refractivity contribution < 1.29 is 8.42 Å². The summed E-state index contributed by atoms with van der Waals surface area (Å²) in [4.78, 5) is 0.238. The van der Waals surface area contributed by atoms with Crippen molar-refractivity contribution in [2.75, 3.05) is 13.1 Å². The van der Waals surface area contributed by atoms with Gasteiger partial charge in [0.2, 0.25) is 10.0 Å². The van der Waals surface area contributed by atoms with Crippen LogP contribution in [0.15, 0.2) is 59.6 Å². The van der Waals surface area contributed by atoms with Crippen molar-refractivity contribution >= 4 is 20.9 Å². The van der Waals surface area contributed by atoms with Crippen LogP contribution in [0.3, 0.4) is 0 Å². The minimum absolute atomic E-state index is 0.134. The predicted molar refractivity (Wildman–Crippen MR) is 116 cm³/mol. The highest BCUT2D eigenvalue weighted by molar-refractivity contribution is 7.89. The zero-order valence-corrected chi connectivity index (χ0v) is 17.8. The Labute approximate surface area is 177 Å². The van der Waals surface area contributed by atoms with Crippen molar-refractivity contribution in [2.24, 2.45) is 0 Å². The number of fused-ring (bicyclic) bond motifs is 1. The maximum Gasteiger partial charge on any atom is 0.243 e. The molecule has 154 valence electrons. The maximum absolute atomic E-state index is 13.2. The van der Waals surface area contributed by atoms with E-state index in [1.807, 2.05) is 48.0 Å². The summed E-state index contributed by atoms with van der Waals surface area (Å²) in [5.74, 6) is 0. The highest BCUT2D eigenvalue weighted by atomic mass is 32.2. The Kier molecular flexibility index (Phi) is 6.89. The molecule has 30 heavy (non-hydrogen) atoms. The van der Waals surface area contributed by atoms with Gasteiger partial charge in [0, 0.05) is 43.2 Å². The van der Waals surface area contributed by atoms with E-state index >= 15 is 0 Å². The first-order valence-corrected chi connectivity index (χ1v) is 11.3. The molecule has 0 atom stereocenters. The average molecular weight is 421 g/mol. The monoisotopic (exact) mass is 420 g/mol. The minimum Gasteiger partial charge on any atom is -0.346 e. The smallest absolute Gasteiger partial charge is 0.243 e. The molecule has 0 aliphatic rings. The molecular weight excluding hydrogens is 396 g/mol. The third-order valence-corrected chi connectivity index (χ3v) is 7.01. The van der Waals surface area contributed by atoms with Gasteiger partial charge in [-0.2, -0.15) is 14.8 Å². The van der Waals surface area contributed by atoms with Crippen LogP contribution >= 0.6 is 0 Å². The fourth-order valence-corrected chi connectivity index (χ4v) is 4.95. The van der Waals surface area contributed by atoms with E-state index in [9.17, 15) is 8.42 Å². The molecule has 3 rings (SSSR count). The minimum atomic E-state index is -3.69. The molecule has 1 heterocycles. The second-order valence-corrected chi connectivity index (χ2v) is 9.09. The normalized spacial score (nSPS) is 11.5. The van der Waals surface area contributed by atoms with Gasteiger partial charge < -0.3 is 4.57 Å². The molecule has 0 N–H and O–H groups in total. The summed E-state index contributed by atoms with van der Waals surface area (Å²) in [6, 6.07) is 18.9. The van der Waals surface area contributed by atoms with Crippen molar-refractivity contribution in [2.45, 2.75) is 37.6 Å². The van der Waals surface area contributed by atoms with Crippen LogP contribution in [0.4, 0.5) is 0 Å². The molecule has 0 amide bonds. The molecule has 0 bridgehead atoms. The third kappa shape index (κ3) is 4.71. The molecule has 0 aliphatic carbocycles. The highest BCUT2D eigenvalue weighted by Gasteiger charge is 2.24. The quantitative estimate of drug-likeness (QED) is 0.523. The van der Waals surface area contributed by atoms with Crippen LogP contribution in [0.2, 0.25) is 0 Å². The van der Waals surface area contributed by atoms with Gasteiger partial charge in [0.1, 0.15) is 0 Å². The van der Waals surface area contributed by atoms with E-state index < -0.39 is 10.0 Å². The number of aryl methyl sites for hydroxylation is 2. The first-order valence-electron chi connectivity index (χ1n) is 9.85. The van der Waals surface area contributed by atoms with Gasteiger partial charge in [-0.3, -0.25) is 0 Å². The standard InChI is InChI=1S/C23H24N4O2S/c1-19-8-10-21(11-9-19)30(28,29)27(16-5-14-25)17-12-20-18-26(15-4-13-24)23-7-3-2-6-22(20)23/h2-3,6-11,18H,4-5,12,15-17H2,1H3. The fraction of sp³-hybridized carbons (Fsp3) is 0.304. The lowest BCUT2D eigenvalue weighted by molar-refractivity contribution is 0.421. The summed E-state index contributed by atoms with van der Waals surface area (Å²) in [6.45, 7) is 2.94. The number of nitriles is 2. The second-order valence-electron chi connectivity index (χ2n) is 7.15. The van der Waals surface area contributed by atoms with Crippen LogP contribution in [0.5, 0.6) is 0 Å². The van der Waals surface area contributed by atoms with Gasteiger partial charge >= 0.3 is 0 Å². The van der Waals surface area contributed by atoms with Crippen molar-refractivity contribution in [3.05, 3.63) is 65.9 Å². The third-order valence-electron chi connectivity index (χ3n) is 5.10. The molecular formula is C23H24N4O2S. The van der Waals surface area contributed by atoms with Gasteiger partial charge in [0.25, 0.3) is 0 Å². The molecule has 0 unspecified atom stereocenters. The summed E-state index contributed by atoms with van der Waals surface area (Å²) in [5.41, 5.74) is 3.06. The summed E-state index contributed by atoms with van der Waals surface area (Å²) in [7, 11) is -3.69. The predicted octanol–water partition coefficient (Wildman–Crippen LogP) is 4.01. The zero-order valence-electron chi connectivity index (χ0n) is 17.0. The molecule has 3 aromatic rings. The zero-order chi connectivity index (χ0) is 21.6. The van der Waals surface area contributed by atoms with Gasteiger partial charge in [-0.1, -0.05) is 35.9 Å². The van der Waals surface area contributed by atoms with E-state index in [1.54, 1.807) is 24.3 Å². The molecule has 2 aromatic carbocycles. The number of rotatable bonds is 9. The molecule has 0 fully saturated rings. The van der Waals surface area contributed by atoms with E-state index in [4.69, 9.17) is 10.5 Å². The van der Waals surface area contributed by atoms with Crippen LogP contribution in [0, 0.1) is 29.6 Å². The van der Waals surface area contributed by atoms with Gasteiger partial charge in [-0.05, 0) is 37.1 Å². The van der Waals surface area contributed by atoms with E-state index in [1.165, 1.54) is 4.31 Å². The van der Waals surface area contributed by atoms with Crippen molar-refractivity contribution in [1.29, 1.82) is 10.5 Å². The van der Waals surface area contributed by atoms with Gasteiger partial charge in [-0.15, -0.1) is 0 Å². The number of benzene rings is 2. The first kappa shape index (κ1) is 21.6. The van der Waals surface area contributed by atoms with Crippen LogP contribution < -0.4 is 0 Å². The molecule has 0 spiro atoms. The molecule has 0 aliphatic heterocycles. The number of nitrogens with zero attached hydrogens (tertiary/aromatic N) is 4. The molecule has 6 nitrogen and oxygen atoms in total. The Bertz CT molecular complexity index is 1200. The lowest BCUT2D eigenvalue weighted by atomic mass is 10.1. The SMILES string of the molecule is Cc1ccc(S(=O)(=O)N(CCC#N)CCc2cn(CCC#N)c3ccccc23)cc1. The first-order chi connectivity index (χ1) is 14.5. The Balaban J connectivity index is 1.87. The Hall–Kier alpha value is -3.13. The lowest BCUT2D eigenvalue weighted by Crippen LogP contribution is -2.33. The van der Waals surface area contributed by atoms with Crippen LogP contribution in [-0.2, 0) is 23.0 Å². The van der Waals surface area contributed by atoms with Crippen LogP contribution in [0.1, 0.15) is 24.0 Å². The number of hydrogen-bond acceptors (Lipinski definition) is 4. The summed E-state index contributed by atoms with van der Waals surface area (Å²) in [6.07, 6.45) is 3.07. The Morgan fingerprint density at radius 1 is 0.967 bits per heavy atom. The topological polar surface area (TPSA) is 89.9 Å². The van der Waals surface area contributed by atoms with Crippen molar-refractivity contribution in [3.63, 3.8) is 0 Å². The van der Waals surface area contributed by atoms with Crippen LogP contribution in [-0.4, -0.2) is 30.4 Å². The Morgan fingerprint density at radius 2 is 1.67 bits per heavy atom. The largest absolute Gasteiger partial charge is 0.346 e. The molecule has 0 saturated carbocycles. The van der Waals surface area contributed by atoms with Crippen molar-refractivity contribution in [1.82, 2.24) is 8.87 Å². The second kappa shape index (κ2) is 9.58. The molecule has 1 aromatic heterocycles. The summed E-state index contributed by atoms with van der Waals surface area (Å²) in [5, 5.41) is 19.0. The fourth-order valence-electron chi connectivity index (χ4n) is 3.51. The van der Waals surface area contributed by atoms with E-state index in [0.29, 0.717) is 19.4 Å². The lowest BCUT2D eigenvalue weighted by Gasteiger charge is -2.21. The van der Waals surface area contributed by atoms with Gasteiger partial charge in [0.15, 0.2) is 0 Å². The Morgan fingerprint density at radius 3 is 2.37 bits per heavy atom. The molecule has 7 heteroatoms. The summed E-state index contributed by atoms with van der Waals surface area (Å²) >= 11 is 0. The number of sulfonamides is 1. The number of para-hydroxylation sites is 1. The van der Waals surface area contributed by atoms with E-state index in [-0.39, 0.29) is 24.4 Å².